The summed E-state index contributed by atoms with van der Waals surface area (Å²) in [4.78, 5) is 4.66. The molecular formula is C19H16N6. The second kappa shape index (κ2) is 5.87. The smallest absolute Gasteiger partial charge is 0.186 e. The molecule has 0 atom stereocenters. The summed E-state index contributed by atoms with van der Waals surface area (Å²) in [6.07, 6.45) is 0. The Balaban J connectivity index is 1.76. The van der Waals surface area contributed by atoms with Crippen LogP contribution in [-0.2, 0) is 13.6 Å². The Labute approximate surface area is 144 Å². The van der Waals surface area contributed by atoms with Crippen molar-refractivity contribution in [2.24, 2.45) is 7.05 Å². The standard InChI is InChI=1S/C19H16N6/c1-12-7-8-14-13(9-12)19(16(10-20)24-23-14)21-11-18-22-15-5-3-4-6-17(15)25(18)2/h3-9H,11H2,1-2H3,(H,21,23). The van der Waals surface area contributed by atoms with Crippen LogP contribution in [0.2, 0.25) is 0 Å². The highest BCUT2D eigenvalue weighted by Crippen LogP contribution is 2.26. The van der Waals surface area contributed by atoms with Crippen LogP contribution in [0, 0.1) is 18.3 Å². The lowest BCUT2D eigenvalue weighted by Gasteiger charge is -2.11. The van der Waals surface area contributed by atoms with E-state index in [9.17, 15) is 5.26 Å². The van der Waals surface area contributed by atoms with Crippen molar-refractivity contribution in [1.29, 1.82) is 5.26 Å². The maximum Gasteiger partial charge on any atom is 0.186 e. The van der Waals surface area contributed by atoms with Gasteiger partial charge in [0.25, 0.3) is 0 Å². The summed E-state index contributed by atoms with van der Waals surface area (Å²) >= 11 is 0. The van der Waals surface area contributed by atoms with E-state index in [-0.39, 0.29) is 5.69 Å². The zero-order chi connectivity index (χ0) is 17.4. The molecule has 4 rings (SSSR count). The van der Waals surface area contributed by atoms with E-state index < -0.39 is 0 Å². The number of benzene rings is 2. The van der Waals surface area contributed by atoms with Gasteiger partial charge < -0.3 is 9.88 Å². The van der Waals surface area contributed by atoms with Gasteiger partial charge >= 0.3 is 0 Å². The third kappa shape index (κ3) is 2.56. The Kier molecular flexibility index (Phi) is 3.55. The van der Waals surface area contributed by atoms with Gasteiger partial charge in [0, 0.05) is 12.4 Å². The number of rotatable bonds is 3. The van der Waals surface area contributed by atoms with Crippen molar-refractivity contribution in [3.8, 4) is 6.07 Å². The third-order valence-electron chi connectivity index (χ3n) is 4.32. The molecule has 6 heteroatoms. The summed E-state index contributed by atoms with van der Waals surface area (Å²) in [5.41, 5.74) is 4.89. The Hall–Kier alpha value is -3.46. The number of imidazole rings is 1. The minimum atomic E-state index is 0.289. The second-order valence-corrected chi connectivity index (χ2v) is 5.99. The number of nitrogens with zero attached hydrogens (tertiary/aromatic N) is 5. The van der Waals surface area contributed by atoms with E-state index in [1.807, 2.05) is 56.4 Å². The predicted molar refractivity (Wildman–Crippen MR) is 97.0 cm³/mol. The molecule has 25 heavy (non-hydrogen) atoms. The number of hydrogen-bond donors (Lipinski definition) is 1. The van der Waals surface area contributed by atoms with Crippen molar-refractivity contribution < 1.29 is 0 Å². The lowest BCUT2D eigenvalue weighted by Crippen LogP contribution is -2.08. The molecule has 0 aliphatic rings. The maximum atomic E-state index is 9.40. The molecule has 2 heterocycles. The van der Waals surface area contributed by atoms with Crippen LogP contribution in [0.15, 0.2) is 42.5 Å². The van der Waals surface area contributed by atoms with Crippen molar-refractivity contribution in [3.05, 3.63) is 59.5 Å². The van der Waals surface area contributed by atoms with Crippen molar-refractivity contribution >= 4 is 27.6 Å². The summed E-state index contributed by atoms with van der Waals surface area (Å²) in [5, 5.41) is 21.8. The number of para-hydroxylation sites is 2. The third-order valence-corrected chi connectivity index (χ3v) is 4.32. The van der Waals surface area contributed by atoms with Crippen molar-refractivity contribution in [2.45, 2.75) is 13.5 Å². The fourth-order valence-electron chi connectivity index (χ4n) is 3.00. The molecule has 122 valence electrons. The van der Waals surface area contributed by atoms with Crippen LogP contribution in [0.3, 0.4) is 0 Å². The van der Waals surface area contributed by atoms with E-state index >= 15 is 0 Å². The van der Waals surface area contributed by atoms with E-state index in [4.69, 9.17) is 0 Å². The second-order valence-electron chi connectivity index (χ2n) is 5.99. The summed E-state index contributed by atoms with van der Waals surface area (Å²) in [6, 6.07) is 16.0. The van der Waals surface area contributed by atoms with Crippen molar-refractivity contribution in [2.75, 3.05) is 5.32 Å². The summed E-state index contributed by atoms with van der Waals surface area (Å²) in [5.74, 6) is 0.891. The minimum absolute atomic E-state index is 0.289. The molecule has 0 radical (unpaired) electrons. The summed E-state index contributed by atoms with van der Waals surface area (Å²) in [7, 11) is 1.99. The molecule has 1 N–H and O–H groups in total. The SMILES string of the molecule is Cc1ccc2nnc(C#N)c(NCc3nc4ccccc4n3C)c2c1. The van der Waals surface area contributed by atoms with Crippen LogP contribution >= 0.6 is 0 Å². The first-order valence-electron chi connectivity index (χ1n) is 7.98. The predicted octanol–water partition coefficient (Wildman–Crippen LogP) is 3.31. The molecule has 0 unspecified atom stereocenters. The first kappa shape index (κ1) is 15.1. The van der Waals surface area contributed by atoms with Gasteiger partial charge in [0.15, 0.2) is 5.69 Å². The first-order valence-corrected chi connectivity index (χ1v) is 7.98. The van der Waals surface area contributed by atoms with Gasteiger partial charge in [-0.2, -0.15) is 5.26 Å². The van der Waals surface area contributed by atoms with Gasteiger partial charge in [0.1, 0.15) is 11.9 Å². The Morgan fingerprint density at radius 3 is 2.76 bits per heavy atom. The molecule has 0 aliphatic heterocycles. The molecule has 0 aliphatic carbocycles. The lowest BCUT2D eigenvalue weighted by atomic mass is 10.1. The number of nitriles is 1. The Morgan fingerprint density at radius 2 is 1.96 bits per heavy atom. The van der Waals surface area contributed by atoms with E-state index in [1.54, 1.807) is 0 Å². The highest BCUT2D eigenvalue weighted by atomic mass is 15.1. The van der Waals surface area contributed by atoms with Crippen LogP contribution in [0.25, 0.3) is 21.9 Å². The van der Waals surface area contributed by atoms with Gasteiger partial charge in [-0.1, -0.05) is 23.8 Å². The van der Waals surface area contributed by atoms with Crippen LogP contribution in [0.4, 0.5) is 5.69 Å². The topological polar surface area (TPSA) is 79.4 Å². The van der Waals surface area contributed by atoms with Crippen LogP contribution in [0.5, 0.6) is 0 Å². The number of nitrogens with one attached hydrogen (secondary N) is 1. The molecule has 4 aromatic rings. The molecule has 0 bridgehead atoms. The fourth-order valence-corrected chi connectivity index (χ4v) is 3.00. The van der Waals surface area contributed by atoms with Gasteiger partial charge in [0.2, 0.25) is 0 Å². The molecule has 0 spiro atoms. The average Bonchev–Trinajstić information content (AvgIpc) is 2.95. The zero-order valence-electron chi connectivity index (χ0n) is 14.0. The normalized spacial score (nSPS) is 10.9. The quantitative estimate of drug-likeness (QED) is 0.624. The van der Waals surface area contributed by atoms with Gasteiger partial charge in [-0.05, 0) is 31.2 Å². The first-order chi connectivity index (χ1) is 12.2. The number of aryl methyl sites for hydroxylation is 2. The largest absolute Gasteiger partial charge is 0.375 e. The molecule has 0 saturated heterocycles. The number of anilines is 1. The highest BCUT2D eigenvalue weighted by molar-refractivity contribution is 5.93. The van der Waals surface area contributed by atoms with Crippen molar-refractivity contribution in [1.82, 2.24) is 19.7 Å². The summed E-state index contributed by atoms with van der Waals surface area (Å²) < 4.78 is 2.05. The van der Waals surface area contributed by atoms with Gasteiger partial charge in [-0.15, -0.1) is 10.2 Å². The molecule has 2 aromatic heterocycles. The molecular weight excluding hydrogens is 312 g/mol. The minimum Gasteiger partial charge on any atom is -0.375 e. The Morgan fingerprint density at radius 1 is 1.12 bits per heavy atom. The molecule has 6 nitrogen and oxygen atoms in total. The highest BCUT2D eigenvalue weighted by Gasteiger charge is 2.13. The monoisotopic (exact) mass is 328 g/mol. The van der Waals surface area contributed by atoms with E-state index in [1.165, 1.54) is 0 Å². The Bertz CT molecular complexity index is 1140. The number of hydrogen-bond acceptors (Lipinski definition) is 5. The summed E-state index contributed by atoms with van der Waals surface area (Å²) in [6.45, 7) is 2.51. The van der Waals surface area contributed by atoms with Crippen molar-refractivity contribution in [3.63, 3.8) is 0 Å². The van der Waals surface area contributed by atoms with E-state index in [0.29, 0.717) is 12.2 Å². The van der Waals surface area contributed by atoms with Crippen LogP contribution < -0.4 is 5.32 Å². The van der Waals surface area contributed by atoms with Crippen LogP contribution in [0.1, 0.15) is 17.1 Å². The fraction of sp³-hybridized carbons (Fsp3) is 0.158. The molecule has 0 fully saturated rings. The van der Waals surface area contributed by atoms with Crippen LogP contribution in [-0.4, -0.2) is 19.7 Å². The van der Waals surface area contributed by atoms with E-state index in [0.717, 1.165) is 33.3 Å². The molecule has 2 aromatic carbocycles. The van der Waals surface area contributed by atoms with Gasteiger partial charge in [0.05, 0.1) is 28.8 Å². The molecule has 0 saturated carbocycles. The average molecular weight is 328 g/mol. The number of aromatic nitrogens is 4. The maximum absolute atomic E-state index is 9.40. The zero-order valence-corrected chi connectivity index (χ0v) is 14.0. The molecule has 0 amide bonds. The van der Waals surface area contributed by atoms with Gasteiger partial charge in [-0.25, -0.2) is 4.98 Å². The lowest BCUT2D eigenvalue weighted by molar-refractivity contribution is 0.834. The van der Waals surface area contributed by atoms with E-state index in [2.05, 4.69) is 31.1 Å². The van der Waals surface area contributed by atoms with Gasteiger partial charge in [-0.3, -0.25) is 0 Å². The number of fused-ring (bicyclic) bond motifs is 2.